The van der Waals surface area contributed by atoms with Gasteiger partial charge in [0.2, 0.25) is 5.95 Å². The molecule has 0 aromatic carbocycles. The Morgan fingerprint density at radius 2 is 2.43 bits per heavy atom. The Morgan fingerprint density at radius 3 is 3.07 bits per heavy atom. The molecule has 76 valence electrons. The number of hydrogen-bond donors (Lipinski definition) is 1. The van der Waals surface area contributed by atoms with E-state index < -0.39 is 11.9 Å². The van der Waals surface area contributed by atoms with Crippen LogP contribution in [0.1, 0.15) is 30.1 Å². The van der Waals surface area contributed by atoms with Gasteiger partial charge in [-0.1, -0.05) is 13.3 Å². The van der Waals surface area contributed by atoms with Gasteiger partial charge >= 0.3 is 0 Å². The van der Waals surface area contributed by atoms with E-state index in [0.29, 0.717) is 6.54 Å². The predicted octanol–water partition coefficient (Wildman–Crippen LogP) is 1.75. The van der Waals surface area contributed by atoms with Crippen molar-refractivity contribution >= 4 is 5.91 Å². The minimum Gasteiger partial charge on any atom is -0.352 e. The van der Waals surface area contributed by atoms with Crippen LogP contribution < -0.4 is 5.32 Å². The molecule has 4 heteroatoms. The van der Waals surface area contributed by atoms with E-state index in [2.05, 4.69) is 10.3 Å². The average Bonchev–Trinajstić information content (AvgIpc) is 2.18. The lowest BCUT2D eigenvalue weighted by molar-refractivity contribution is 0.0948. The van der Waals surface area contributed by atoms with E-state index in [4.69, 9.17) is 0 Å². The Kier molecular flexibility index (Phi) is 4.04. The third kappa shape index (κ3) is 2.80. The van der Waals surface area contributed by atoms with E-state index in [9.17, 15) is 9.18 Å². The lowest BCUT2D eigenvalue weighted by atomic mass is 10.2. The number of halogens is 1. The first-order valence-corrected chi connectivity index (χ1v) is 4.64. The van der Waals surface area contributed by atoms with Crippen LogP contribution in [-0.4, -0.2) is 17.4 Å². The fourth-order valence-corrected chi connectivity index (χ4v) is 1.03. The van der Waals surface area contributed by atoms with Gasteiger partial charge in [-0.05, 0) is 18.6 Å². The van der Waals surface area contributed by atoms with E-state index in [1.807, 2.05) is 6.92 Å². The zero-order chi connectivity index (χ0) is 10.4. The highest BCUT2D eigenvalue weighted by atomic mass is 19.1. The molecule has 1 aromatic heterocycles. The summed E-state index contributed by atoms with van der Waals surface area (Å²) in [4.78, 5) is 14.8. The van der Waals surface area contributed by atoms with Crippen molar-refractivity contribution in [2.24, 2.45) is 0 Å². The Labute approximate surface area is 82.4 Å². The number of carbonyl (C=O) groups is 1. The molecule has 14 heavy (non-hydrogen) atoms. The van der Waals surface area contributed by atoms with Crippen LogP contribution in [0.15, 0.2) is 18.3 Å². The lowest BCUT2D eigenvalue weighted by Crippen LogP contribution is -2.25. The number of aromatic nitrogens is 1. The predicted molar refractivity (Wildman–Crippen MR) is 51.4 cm³/mol. The Bertz CT molecular complexity index is 315. The SMILES string of the molecule is CCCCNC(=O)c1cccnc1F. The molecule has 0 bridgehead atoms. The fourth-order valence-electron chi connectivity index (χ4n) is 1.03. The molecule has 0 aliphatic heterocycles. The van der Waals surface area contributed by atoms with Crippen molar-refractivity contribution in [1.29, 1.82) is 0 Å². The molecule has 0 radical (unpaired) electrons. The molecule has 0 saturated carbocycles. The molecular weight excluding hydrogens is 183 g/mol. The number of nitrogens with zero attached hydrogens (tertiary/aromatic N) is 1. The van der Waals surface area contributed by atoms with Gasteiger partial charge in [-0.3, -0.25) is 4.79 Å². The number of nitrogens with one attached hydrogen (secondary N) is 1. The van der Waals surface area contributed by atoms with Crippen LogP contribution >= 0.6 is 0 Å². The quantitative estimate of drug-likeness (QED) is 0.588. The van der Waals surface area contributed by atoms with E-state index in [-0.39, 0.29) is 5.56 Å². The maximum Gasteiger partial charge on any atom is 0.255 e. The van der Waals surface area contributed by atoms with Crippen molar-refractivity contribution in [2.45, 2.75) is 19.8 Å². The minimum atomic E-state index is -0.721. The smallest absolute Gasteiger partial charge is 0.255 e. The van der Waals surface area contributed by atoms with Crippen molar-refractivity contribution in [3.8, 4) is 0 Å². The standard InChI is InChI=1S/C10H13FN2O/c1-2-3-6-13-10(14)8-5-4-7-12-9(8)11/h4-5,7H,2-3,6H2,1H3,(H,13,14). The average molecular weight is 196 g/mol. The zero-order valence-electron chi connectivity index (χ0n) is 8.09. The summed E-state index contributed by atoms with van der Waals surface area (Å²) >= 11 is 0. The van der Waals surface area contributed by atoms with Gasteiger partial charge in [-0.25, -0.2) is 4.98 Å². The Balaban J connectivity index is 2.56. The van der Waals surface area contributed by atoms with E-state index >= 15 is 0 Å². The second-order valence-corrected chi connectivity index (χ2v) is 2.95. The highest BCUT2D eigenvalue weighted by Crippen LogP contribution is 2.02. The van der Waals surface area contributed by atoms with Crippen LogP contribution in [-0.2, 0) is 0 Å². The van der Waals surface area contributed by atoms with Crippen LogP contribution in [0.5, 0.6) is 0 Å². The Hall–Kier alpha value is -1.45. The first-order chi connectivity index (χ1) is 6.75. The fraction of sp³-hybridized carbons (Fsp3) is 0.400. The van der Waals surface area contributed by atoms with Crippen LogP contribution in [0, 0.1) is 5.95 Å². The van der Waals surface area contributed by atoms with Gasteiger partial charge in [-0.2, -0.15) is 4.39 Å². The molecule has 0 aliphatic carbocycles. The van der Waals surface area contributed by atoms with Gasteiger partial charge in [0.25, 0.3) is 5.91 Å². The summed E-state index contributed by atoms with van der Waals surface area (Å²) < 4.78 is 13.0. The van der Waals surface area contributed by atoms with Gasteiger partial charge in [0.05, 0.1) is 5.56 Å². The second-order valence-electron chi connectivity index (χ2n) is 2.95. The molecule has 1 aromatic rings. The normalized spacial score (nSPS) is 9.86. The number of amides is 1. The number of rotatable bonds is 4. The van der Waals surface area contributed by atoms with Crippen molar-refractivity contribution in [3.05, 3.63) is 29.8 Å². The lowest BCUT2D eigenvalue weighted by Gasteiger charge is -2.03. The topological polar surface area (TPSA) is 42.0 Å². The van der Waals surface area contributed by atoms with Crippen LogP contribution in [0.2, 0.25) is 0 Å². The van der Waals surface area contributed by atoms with Gasteiger partial charge < -0.3 is 5.32 Å². The van der Waals surface area contributed by atoms with Gasteiger partial charge in [0.1, 0.15) is 0 Å². The summed E-state index contributed by atoms with van der Waals surface area (Å²) in [5, 5.41) is 2.62. The van der Waals surface area contributed by atoms with Gasteiger partial charge in [0, 0.05) is 12.7 Å². The summed E-state index contributed by atoms with van der Waals surface area (Å²) in [5.74, 6) is -1.12. The number of carbonyl (C=O) groups excluding carboxylic acids is 1. The molecule has 3 nitrogen and oxygen atoms in total. The van der Waals surface area contributed by atoms with Gasteiger partial charge in [0.15, 0.2) is 0 Å². The van der Waals surface area contributed by atoms with Crippen molar-refractivity contribution in [1.82, 2.24) is 10.3 Å². The summed E-state index contributed by atoms with van der Waals surface area (Å²) in [7, 11) is 0. The summed E-state index contributed by atoms with van der Waals surface area (Å²) in [6, 6.07) is 2.96. The minimum absolute atomic E-state index is 0.00334. The number of hydrogen-bond acceptors (Lipinski definition) is 2. The molecule has 0 atom stereocenters. The van der Waals surface area contributed by atoms with Crippen LogP contribution in [0.25, 0.3) is 0 Å². The van der Waals surface area contributed by atoms with Crippen LogP contribution in [0.3, 0.4) is 0 Å². The highest BCUT2D eigenvalue weighted by molar-refractivity contribution is 5.94. The molecule has 1 amide bonds. The molecular formula is C10H13FN2O. The summed E-state index contributed by atoms with van der Waals surface area (Å²) in [5.41, 5.74) is 0.00334. The summed E-state index contributed by atoms with van der Waals surface area (Å²) in [6.07, 6.45) is 3.21. The molecule has 0 unspecified atom stereocenters. The highest BCUT2D eigenvalue weighted by Gasteiger charge is 2.10. The second kappa shape index (κ2) is 5.32. The first-order valence-electron chi connectivity index (χ1n) is 4.64. The maximum absolute atomic E-state index is 13.0. The van der Waals surface area contributed by atoms with Crippen molar-refractivity contribution < 1.29 is 9.18 Å². The third-order valence-electron chi connectivity index (χ3n) is 1.82. The van der Waals surface area contributed by atoms with Crippen molar-refractivity contribution in [3.63, 3.8) is 0 Å². The molecule has 0 spiro atoms. The monoisotopic (exact) mass is 196 g/mol. The zero-order valence-corrected chi connectivity index (χ0v) is 8.09. The van der Waals surface area contributed by atoms with Gasteiger partial charge in [-0.15, -0.1) is 0 Å². The number of pyridine rings is 1. The molecule has 1 N–H and O–H groups in total. The van der Waals surface area contributed by atoms with Crippen molar-refractivity contribution in [2.75, 3.05) is 6.54 Å². The first kappa shape index (κ1) is 10.6. The molecule has 0 aliphatic rings. The van der Waals surface area contributed by atoms with E-state index in [0.717, 1.165) is 12.8 Å². The largest absolute Gasteiger partial charge is 0.352 e. The summed E-state index contributed by atoms with van der Waals surface area (Å²) in [6.45, 7) is 2.60. The Morgan fingerprint density at radius 1 is 1.64 bits per heavy atom. The third-order valence-corrected chi connectivity index (χ3v) is 1.82. The van der Waals surface area contributed by atoms with Crippen LogP contribution in [0.4, 0.5) is 4.39 Å². The van der Waals surface area contributed by atoms with E-state index in [1.165, 1.54) is 18.3 Å². The maximum atomic E-state index is 13.0. The number of unbranched alkanes of at least 4 members (excludes halogenated alkanes) is 1. The molecule has 1 heterocycles. The molecule has 1 rings (SSSR count). The van der Waals surface area contributed by atoms with E-state index in [1.54, 1.807) is 0 Å². The molecule has 0 fully saturated rings. The molecule has 0 saturated heterocycles.